The maximum absolute atomic E-state index is 12.6. The van der Waals surface area contributed by atoms with Crippen molar-refractivity contribution < 1.29 is 14.3 Å². The van der Waals surface area contributed by atoms with Crippen LogP contribution in [-0.4, -0.2) is 23.7 Å². The number of amides is 1. The van der Waals surface area contributed by atoms with Gasteiger partial charge in [-0.25, -0.2) is 0 Å². The Morgan fingerprint density at radius 1 is 1.04 bits per heavy atom. The number of rotatable bonds is 4. The quantitative estimate of drug-likeness (QED) is 0.732. The van der Waals surface area contributed by atoms with Gasteiger partial charge in [0.25, 0.3) is 11.5 Å². The zero-order valence-electron chi connectivity index (χ0n) is 14.9. The fourth-order valence-corrected chi connectivity index (χ4v) is 3.12. The number of hydrogen-bond acceptors (Lipinski definition) is 4. The average Bonchev–Trinajstić information content (AvgIpc) is 2.71. The summed E-state index contributed by atoms with van der Waals surface area (Å²) in [5.74, 6) is 0.912. The van der Waals surface area contributed by atoms with Crippen molar-refractivity contribution >= 4 is 23.2 Å². The number of hydrogen-bond donors (Lipinski definition) is 1. The van der Waals surface area contributed by atoms with E-state index in [0.717, 1.165) is 5.56 Å². The zero-order chi connectivity index (χ0) is 19.5. The second kappa shape index (κ2) is 7.78. The fraction of sp³-hybridized carbons (Fsp3) is 0.143. The average molecular weight is 397 g/mol. The summed E-state index contributed by atoms with van der Waals surface area (Å²) in [6, 6.07) is 15.4. The molecule has 0 aliphatic carbocycles. The molecule has 1 aliphatic rings. The summed E-state index contributed by atoms with van der Waals surface area (Å²) >= 11 is 6.18. The number of anilines is 1. The first-order valence-electron chi connectivity index (χ1n) is 8.75. The number of carbonyl (C=O) groups is 1. The normalized spacial score (nSPS) is 12.5. The SMILES string of the molecule is O=C(Nc1ccc2c(c1)OCCO2)c1ccc(=O)n(Cc2ccccc2Cl)c1. The van der Waals surface area contributed by atoms with E-state index in [0.29, 0.717) is 41.0 Å². The number of nitrogens with one attached hydrogen (secondary N) is 1. The lowest BCUT2D eigenvalue weighted by Gasteiger charge is -2.19. The molecule has 3 aromatic rings. The number of halogens is 1. The van der Waals surface area contributed by atoms with Crippen LogP contribution in [-0.2, 0) is 6.54 Å². The van der Waals surface area contributed by atoms with Crippen molar-refractivity contribution in [2.24, 2.45) is 0 Å². The van der Waals surface area contributed by atoms with Crippen molar-refractivity contribution in [1.82, 2.24) is 4.57 Å². The van der Waals surface area contributed by atoms with Crippen LogP contribution in [0.4, 0.5) is 5.69 Å². The highest BCUT2D eigenvalue weighted by Gasteiger charge is 2.14. The van der Waals surface area contributed by atoms with Gasteiger partial charge < -0.3 is 19.4 Å². The molecule has 0 atom stereocenters. The minimum atomic E-state index is -0.329. The third-order valence-electron chi connectivity index (χ3n) is 4.34. The molecule has 4 rings (SSSR count). The summed E-state index contributed by atoms with van der Waals surface area (Å²) in [5.41, 5.74) is 1.53. The number of fused-ring (bicyclic) bond motifs is 1. The second-order valence-electron chi connectivity index (χ2n) is 6.29. The van der Waals surface area contributed by atoms with E-state index in [9.17, 15) is 9.59 Å². The summed E-state index contributed by atoms with van der Waals surface area (Å²) in [4.78, 5) is 24.8. The molecule has 2 heterocycles. The Morgan fingerprint density at radius 2 is 1.82 bits per heavy atom. The van der Waals surface area contributed by atoms with E-state index in [1.54, 1.807) is 24.3 Å². The van der Waals surface area contributed by atoms with Gasteiger partial charge in [0.05, 0.1) is 12.1 Å². The molecular weight excluding hydrogens is 380 g/mol. The Bertz CT molecular complexity index is 1090. The number of ether oxygens (including phenoxy) is 2. The summed E-state index contributed by atoms with van der Waals surface area (Å²) < 4.78 is 12.5. The van der Waals surface area contributed by atoms with Crippen LogP contribution in [0.1, 0.15) is 15.9 Å². The molecule has 7 heteroatoms. The minimum absolute atomic E-state index is 0.212. The summed E-state index contributed by atoms with van der Waals surface area (Å²) in [6.45, 7) is 1.26. The van der Waals surface area contributed by atoms with E-state index in [4.69, 9.17) is 21.1 Å². The molecule has 0 radical (unpaired) electrons. The molecule has 0 bridgehead atoms. The Morgan fingerprint density at radius 3 is 2.64 bits per heavy atom. The molecule has 2 aromatic carbocycles. The first-order chi connectivity index (χ1) is 13.6. The van der Waals surface area contributed by atoms with E-state index in [2.05, 4.69) is 5.32 Å². The van der Waals surface area contributed by atoms with Crippen LogP contribution in [0, 0.1) is 0 Å². The Labute approximate surface area is 166 Å². The van der Waals surface area contributed by atoms with Gasteiger partial charge in [0.1, 0.15) is 13.2 Å². The number of carbonyl (C=O) groups excluding carboxylic acids is 1. The number of aromatic nitrogens is 1. The van der Waals surface area contributed by atoms with E-state index in [-0.39, 0.29) is 18.0 Å². The topological polar surface area (TPSA) is 69.6 Å². The largest absolute Gasteiger partial charge is 0.486 e. The van der Waals surface area contributed by atoms with Gasteiger partial charge in [0.2, 0.25) is 0 Å². The van der Waals surface area contributed by atoms with Crippen LogP contribution < -0.4 is 20.3 Å². The van der Waals surface area contributed by atoms with Gasteiger partial charge in [-0.05, 0) is 29.8 Å². The summed E-state index contributed by atoms with van der Waals surface area (Å²) in [7, 11) is 0. The number of nitrogens with zero attached hydrogens (tertiary/aromatic N) is 1. The first kappa shape index (κ1) is 18.1. The van der Waals surface area contributed by atoms with Crippen LogP contribution in [0.5, 0.6) is 11.5 Å². The molecule has 0 unspecified atom stereocenters. The summed E-state index contributed by atoms with van der Waals surface area (Å²) in [6.07, 6.45) is 1.53. The van der Waals surface area contributed by atoms with Crippen LogP contribution in [0.2, 0.25) is 5.02 Å². The van der Waals surface area contributed by atoms with Crippen LogP contribution >= 0.6 is 11.6 Å². The molecule has 0 fully saturated rings. The van der Waals surface area contributed by atoms with E-state index >= 15 is 0 Å². The molecular formula is C21H17ClN2O4. The predicted molar refractivity (Wildman–Crippen MR) is 107 cm³/mol. The Kier molecular flexibility index (Phi) is 5.04. The molecule has 6 nitrogen and oxygen atoms in total. The second-order valence-corrected chi connectivity index (χ2v) is 6.70. The van der Waals surface area contributed by atoms with E-state index < -0.39 is 0 Å². The maximum atomic E-state index is 12.6. The fourth-order valence-electron chi connectivity index (χ4n) is 2.92. The van der Waals surface area contributed by atoms with Gasteiger partial charge in [0, 0.05) is 29.0 Å². The van der Waals surface area contributed by atoms with Gasteiger partial charge in [-0.1, -0.05) is 29.8 Å². The standard InChI is InChI=1S/C21H17ClN2O4/c22-17-4-2-1-3-14(17)12-24-13-15(5-8-20(24)25)21(26)23-16-6-7-18-19(11-16)28-10-9-27-18/h1-8,11,13H,9-10,12H2,(H,23,26). The van der Waals surface area contributed by atoms with Gasteiger partial charge in [0.15, 0.2) is 11.5 Å². The molecule has 0 saturated heterocycles. The molecule has 1 aliphatic heterocycles. The third kappa shape index (κ3) is 3.87. The lowest BCUT2D eigenvalue weighted by molar-refractivity contribution is 0.102. The Balaban J connectivity index is 1.55. The molecule has 1 amide bonds. The molecule has 1 aromatic heterocycles. The van der Waals surface area contributed by atoms with E-state index in [1.165, 1.54) is 22.9 Å². The minimum Gasteiger partial charge on any atom is -0.486 e. The maximum Gasteiger partial charge on any atom is 0.257 e. The van der Waals surface area contributed by atoms with Gasteiger partial charge >= 0.3 is 0 Å². The van der Waals surface area contributed by atoms with E-state index in [1.807, 2.05) is 18.2 Å². The molecule has 0 spiro atoms. The molecule has 0 saturated carbocycles. The van der Waals surface area contributed by atoms with Gasteiger partial charge in [-0.15, -0.1) is 0 Å². The van der Waals surface area contributed by atoms with Crippen molar-refractivity contribution in [1.29, 1.82) is 0 Å². The molecule has 28 heavy (non-hydrogen) atoms. The number of benzene rings is 2. The highest BCUT2D eigenvalue weighted by molar-refractivity contribution is 6.31. The monoisotopic (exact) mass is 396 g/mol. The van der Waals surface area contributed by atoms with Crippen molar-refractivity contribution in [3.8, 4) is 11.5 Å². The van der Waals surface area contributed by atoms with Crippen molar-refractivity contribution in [3.63, 3.8) is 0 Å². The van der Waals surface area contributed by atoms with Crippen LogP contribution in [0.3, 0.4) is 0 Å². The lowest BCUT2D eigenvalue weighted by Crippen LogP contribution is -2.22. The third-order valence-corrected chi connectivity index (χ3v) is 4.71. The highest BCUT2D eigenvalue weighted by atomic mass is 35.5. The van der Waals surface area contributed by atoms with Gasteiger partial charge in [-0.2, -0.15) is 0 Å². The first-order valence-corrected chi connectivity index (χ1v) is 9.13. The number of pyridine rings is 1. The highest BCUT2D eigenvalue weighted by Crippen LogP contribution is 2.32. The van der Waals surface area contributed by atoms with Crippen LogP contribution in [0.25, 0.3) is 0 Å². The Hall–Kier alpha value is -3.25. The van der Waals surface area contributed by atoms with Crippen molar-refractivity contribution in [2.75, 3.05) is 18.5 Å². The lowest BCUT2D eigenvalue weighted by atomic mass is 10.2. The molecule has 1 N–H and O–H groups in total. The zero-order valence-corrected chi connectivity index (χ0v) is 15.6. The van der Waals surface area contributed by atoms with Crippen molar-refractivity contribution in [2.45, 2.75) is 6.54 Å². The smallest absolute Gasteiger partial charge is 0.257 e. The molecule has 142 valence electrons. The van der Waals surface area contributed by atoms with Crippen molar-refractivity contribution in [3.05, 3.63) is 87.3 Å². The van der Waals surface area contributed by atoms with Gasteiger partial charge in [-0.3, -0.25) is 9.59 Å². The summed E-state index contributed by atoms with van der Waals surface area (Å²) in [5, 5.41) is 3.38. The predicted octanol–water partition coefficient (Wildman–Crippen LogP) is 3.57. The van der Waals surface area contributed by atoms with Crippen LogP contribution in [0.15, 0.2) is 65.6 Å².